The molecule has 4 rings (SSSR count). The van der Waals surface area contributed by atoms with Gasteiger partial charge in [-0.15, -0.1) is 0 Å². The molecule has 1 amide bonds. The summed E-state index contributed by atoms with van der Waals surface area (Å²) in [5.74, 6) is -1.61. The number of carbonyl (C=O) groups is 2. The molecule has 0 saturated carbocycles. The number of fused-ring (bicyclic) bond motifs is 1. The number of carboxylic acid groups (broad SMARTS) is 1. The van der Waals surface area contributed by atoms with E-state index in [1.807, 2.05) is 61.7 Å². The summed E-state index contributed by atoms with van der Waals surface area (Å²) in [4.78, 5) is 29.6. The molecule has 0 radical (unpaired) electrons. The van der Waals surface area contributed by atoms with Crippen LogP contribution >= 0.6 is 0 Å². The molecule has 2 heterocycles. The van der Waals surface area contributed by atoms with E-state index in [2.05, 4.69) is 4.98 Å². The second-order valence-electron chi connectivity index (χ2n) is 7.25. The highest BCUT2D eigenvalue weighted by Crippen LogP contribution is 2.33. The number of nitrogens with one attached hydrogen (secondary N) is 1. The van der Waals surface area contributed by atoms with Crippen molar-refractivity contribution in [2.75, 3.05) is 13.1 Å². The minimum absolute atomic E-state index is 0.0258. The number of likely N-dealkylation sites (tertiary alicyclic amines) is 1. The average molecular weight is 362 g/mol. The number of hydrogen-bond acceptors (Lipinski definition) is 2. The molecule has 2 N–H and O–H groups in total. The molecule has 138 valence electrons. The zero-order valence-electron chi connectivity index (χ0n) is 15.2. The first kappa shape index (κ1) is 17.3. The molecule has 1 saturated heterocycles. The molecule has 5 nitrogen and oxygen atoms in total. The van der Waals surface area contributed by atoms with Crippen LogP contribution in [0.3, 0.4) is 0 Å². The van der Waals surface area contributed by atoms with E-state index >= 15 is 0 Å². The molecule has 0 bridgehead atoms. The minimum atomic E-state index is -0.845. The van der Waals surface area contributed by atoms with Crippen molar-refractivity contribution < 1.29 is 14.7 Å². The number of para-hydroxylation sites is 1. The van der Waals surface area contributed by atoms with Crippen molar-refractivity contribution in [1.82, 2.24) is 9.88 Å². The SMILES string of the molecule is Cc1cccc2c(CC(=O)N3C[C@H](C(=O)O)[C@H](c4ccccc4)C3)c[nH]c12. The van der Waals surface area contributed by atoms with E-state index in [0.29, 0.717) is 6.54 Å². The van der Waals surface area contributed by atoms with Crippen molar-refractivity contribution in [2.45, 2.75) is 19.3 Å². The number of hydrogen-bond donors (Lipinski definition) is 2. The number of aryl methyl sites for hydroxylation is 1. The Morgan fingerprint density at radius 3 is 2.63 bits per heavy atom. The highest BCUT2D eigenvalue weighted by molar-refractivity contribution is 5.91. The van der Waals surface area contributed by atoms with E-state index in [1.165, 1.54) is 0 Å². The largest absolute Gasteiger partial charge is 0.481 e. The molecule has 2 aromatic carbocycles. The first-order chi connectivity index (χ1) is 13.0. The molecule has 5 heteroatoms. The van der Waals surface area contributed by atoms with Gasteiger partial charge in [-0.3, -0.25) is 9.59 Å². The van der Waals surface area contributed by atoms with Crippen molar-refractivity contribution in [2.24, 2.45) is 5.92 Å². The predicted molar refractivity (Wildman–Crippen MR) is 104 cm³/mol. The fraction of sp³-hybridized carbons (Fsp3) is 0.273. The van der Waals surface area contributed by atoms with Gasteiger partial charge in [0.2, 0.25) is 5.91 Å². The molecule has 1 aromatic heterocycles. The fourth-order valence-corrected chi connectivity index (χ4v) is 4.08. The smallest absolute Gasteiger partial charge is 0.308 e. The topological polar surface area (TPSA) is 73.4 Å². The van der Waals surface area contributed by atoms with Crippen LogP contribution in [-0.4, -0.2) is 40.0 Å². The van der Waals surface area contributed by atoms with E-state index in [-0.39, 0.29) is 24.8 Å². The highest BCUT2D eigenvalue weighted by atomic mass is 16.4. The number of carbonyl (C=O) groups excluding carboxylic acids is 1. The summed E-state index contributed by atoms with van der Waals surface area (Å²) < 4.78 is 0. The second kappa shape index (κ2) is 6.91. The predicted octanol–water partition coefficient (Wildman–Crippen LogP) is 3.35. The maximum absolute atomic E-state index is 12.9. The van der Waals surface area contributed by atoms with Crippen LogP contribution in [0.15, 0.2) is 54.7 Å². The third-order valence-electron chi connectivity index (χ3n) is 5.57. The maximum Gasteiger partial charge on any atom is 0.308 e. The molecule has 2 atom stereocenters. The van der Waals surface area contributed by atoms with Gasteiger partial charge in [0.15, 0.2) is 0 Å². The lowest BCUT2D eigenvalue weighted by atomic mass is 9.89. The van der Waals surface area contributed by atoms with Crippen molar-refractivity contribution >= 4 is 22.8 Å². The minimum Gasteiger partial charge on any atom is -0.481 e. The van der Waals surface area contributed by atoms with Gasteiger partial charge in [0.25, 0.3) is 0 Å². The molecule has 1 aliphatic heterocycles. The van der Waals surface area contributed by atoms with Gasteiger partial charge in [-0.1, -0.05) is 48.5 Å². The Morgan fingerprint density at radius 1 is 1.11 bits per heavy atom. The van der Waals surface area contributed by atoms with Gasteiger partial charge >= 0.3 is 5.97 Å². The number of carboxylic acids is 1. The maximum atomic E-state index is 12.9. The summed E-state index contributed by atoms with van der Waals surface area (Å²) in [7, 11) is 0. The van der Waals surface area contributed by atoms with Gasteiger partial charge in [-0.05, 0) is 23.6 Å². The third-order valence-corrected chi connectivity index (χ3v) is 5.57. The van der Waals surface area contributed by atoms with Crippen molar-refractivity contribution in [3.8, 4) is 0 Å². The standard InChI is InChI=1S/C22H22N2O3/c1-14-6-5-9-17-16(11-23-21(14)17)10-20(25)24-12-18(19(13-24)22(26)27)15-7-3-2-4-8-15/h2-9,11,18-19,23H,10,12-13H2,1H3,(H,26,27)/t18-,19-/m0/s1. The molecule has 0 spiro atoms. The zero-order chi connectivity index (χ0) is 19.0. The number of amides is 1. The second-order valence-corrected chi connectivity index (χ2v) is 7.25. The van der Waals surface area contributed by atoms with Gasteiger partial charge < -0.3 is 15.0 Å². The summed E-state index contributed by atoms with van der Waals surface area (Å²) in [6.07, 6.45) is 2.16. The number of aromatic nitrogens is 1. The fourth-order valence-electron chi connectivity index (χ4n) is 4.08. The van der Waals surface area contributed by atoms with Crippen LogP contribution in [0.1, 0.15) is 22.6 Å². The molecule has 0 aliphatic carbocycles. The molecular formula is C22H22N2O3. The van der Waals surface area contributed by atoms with E-state index in [9.17, 15) is 14.7 Å². The van der Waals surface area contributed by atoms with Gasteiger partial charge in [0, 0.05) is 36.1 Å². The lowest BCUT2D eigenvalue weighted by Gasteiger charge is -2.16. The van der Waals surface area contributed by atoms with Gasteiger partial charge in [-0.25, -0.2) is 0 Å². The van der Waals surface area contributed by atoms with Crippen LogP contribution in [-0.2, 0) is 16.0 Å². The average Bonchev–Trinajstić information content (AvgIpc) is 3.28. The number of benzene rings is 2. The Bertz CT molecular complexity index is 993. The van der Waals surface area contributed by atoms with Crippen LogP contribution in [0, 0.1) is 12.8 Å². The number of H-pyrrole nitrogens is 1. The molecule has 0 unspecified atom stereocenters. The number of aliphatic carboxylic acids is 1. The van der Waals surface area contributed by atoms with Crippen LogP contribution < -0.4 is 0 Å². The highest BCUT2D eigenvalue weighted by Gasteiger charge is 2.40. The van der Waals surface area contributed by atoms with E-state index < -0.39 is 11.9 Å². The molecule has 1 aliphatic rings. The van der Waals surface area contributed by atoms with Crippen LogP contribution in [0.25, 0.3) is 10.9 Å². The van der Waals surface area contributed by atoms with Crippen LogP contribution in [0.4, 0.5) is 0 Å². The lowest BCUT2D eigenvalue weighted by Crippen LogP contribution is -2.31. The Labute approximate surface area is 157 Å². The summed E-state index contributed by atoms with van der Waals surface area (Å²) >= 11 is 0. The van der Waals surface area contributed by atoms with Gasteiger partial charge in [-0.2, -0.15) is 0 Å². The summed E-state index contributed by atoms with van der Waals surface area (Å²) in [5, 5.41) is 10.7. The number of nitrogens with zero attached hydrogens (tertiary/aromatic N) is 1. The Balaban J connectivity index is 1.55. The first-order valence-corrected chi connectivity index (χ1v) is 9.15. The third kappa shape index (κ3) is 3.21. The van der Waals surface area contributed by atoms with Crippen LogP contribution in [0.2, 0.25) is 0 Å². The van der Waals surface area contributed by atoms with E-state index in [1.54, 1.807) is 4.90 Å². The first-order valence-electron chi connectivity index (χ1n) is 9.15. The zero-order valence-corrected chi connectivity index (χ0v) is 15.2. The number of aromatic amines is 1. The number of rotatable bonds is 4. The molecule has 1 fully saturated rings. The van der Waals surface area contributed by atoms with Crippen LogP contribution in [0.5, 0.6) is 0 Å². The van der Waals surface area contributed by atoms with Crippen molar-refractivity contribution in [3.63, 3.8) is 0 Å². The van der Waals surface area contributed by atoms with E-state index in [0.717, 1.165) is 27.6 Å². The Hall–Kier alpha value is -3.08. The normalized spacial score (nSPS) is 19.5. The molecule has 3 aromatic rings. The summed E-state index contributed by atoms with van der Waals surface area (Å²) in [6.45, 7) is 2.74. The van der Waals surface area contributed by atoms with Crippen molar-refractivity contribution in [1.29, 1.82) is 0 Å². The monoisotopic (exact) mass is 362 g/mol. The van der Waals surface area contributed by atoms with Crippen molar-refractivity contribution in [3.05, 3.63) is 71.4 Å². The van der Waals surface area contributed by atoms with Gasteiger partial charge in [0.1, 0.15) is 0 Å². The summed E-state index contributed by atoms with van der Waals surface area (Å²) in [5.41, 5.74) is 4.12. The quantitative estimate of drug-likeness (QED) is 0.747. The molecule has 27 heavy (non-hydrogen) atoms. The Morgan fingerprint density at radius 2 is 1.89 bits per heavy atom. The van der Waals surface area contributed by atoms with Gasteiger partial charge in [0.05, 0.1) is 12.3 Å². The van der Waals surface area contributed by atoms with E-state index in [4.69, 9.17) is 0 Å². The summed E-state index contributed by atoms with van der Waals surface area (Å²) in [6, 6.07) is 15.6. The lowest BCUT2D eigenvalue weighted by molar-refractivity contribution is -0.141. The Kier molecular flexibility index (Phi) is 4.44. The molecular weight excluding hydrogens is 340 g/mol.